The van der Waals surface area contributed by atoms with Crippen molar-refractivity contribution in [1.82, 2.24) is 15.0 Å². The van der Waals surface area contributed by atoms with Crippen LogP contribution in [0.3, 0.4) is 0 Å². The van der Waals surface area contributed by atoms with Crippen LogP contribution in [0.25, 0.3) is 11.3 Å². The smallest absolute Gasteiger partial charge is 0.259 e. The first-order chi connectivity index (χ1) is 14.6. The van der Waals surface area contributed by atoms with Gasteiger partial charge in [-0.05, 0) is 38.7 Å². The second kappa shape index (κ2) is 9.21. The maximum absolute atomic E-state index is 13.3. The molecular weight excluding hydrogens is 402 g/mol. The minimum absolute atomic E-state index is 0.0127. The van der Waals surface area contributed by atoms with Crippen LogP contribution in [0, 0.1) is 12.8 Å². The van der Waals surface area contributed by atoms with E-state index in [1.165, 1.54) is 12.8 Å². The fourth-order valence-electron chi connectivity index (χ4n) is 4.50. The van der Waals surface area contributed by atoms with Crippen LogP contribution < -0.4 is 0 Å². The quantitative estimate of drug-likeness (QED) is 0.717. The first-order valence-corrected chi connectivity index (χ1v) is 11.2. The van der Waals surface area contributed by atoms with E-state index in [2.05, 4.69) is 5.16 Å². The average Bonchev–Trinajstić information content (AvgIpc) is 2.96. The van der Waals surface area contributed by atoms with Crippen LogP contribution in [-0.4, -0.2) is 52.9 Å². The fourth-order valence-corrected chi connectivity index (χ4v) is 4.72. The molecule has 7 heteroatoms. The molecule has 0 unspecified atom stereocenters. The van der Waals surface area contributed by atoms with Gasteiger partial charge < -0.3 is 14.3 Å². The summed E-state index contributed by atoms with van der Waals surface area (Å²) in [6.07, 6.45) is 6.02. The van der Waals surface area contributed by atoms with E-state index in [-0.39, 0.29) is 17.7 Å². The van der Waals surface area contributed by atoms with Crippen LogP contribution >= 0.6 is 11.6 Å². The number of hydrogen-bond acceptors (Lipinski definition) is 4. The molecule has 2 aromatic rings. The van der Waals surface area contributed by atoms with Crippen LogP contribution in [0.5, 0.6) is 0 Å². The van der Waals surface area contributed by atoms with Gasteiger partial charge in [-0.3, -0.25) is 9.59 Å². The number of nitrogens with zero attached hydrogens (tertiary/aromatic N) is 3. The molecule has 2 fully saturated rings. The van der Waals surface area contributed by atoms with Crippen molar-refractivity contribution in [3.8, 4) is 11.3 Å². The molecule has 0 saturated carbocycles. The van der Waals surface area contributed by atoms with Crippen molar-refractivity contribution < 1.29 is 14.1 Å². The van der Waals surface area contributed by atoms with Crippen LogP contribution in [-0.2, 0) is 4.79 Å². The van der Waals surface area contributed by atoms with E-state index in [1.807, 2.05) is 28.0 Å². The van der Waals surface area contributed by atoms with E-state index in [4.69, 9.17) is 16.1 Å². The van der Waals surface area contributed by atoms with Gasteiger partial charge in [0.15, 0.2) is 0 Å². The topological polar surface area (TPSA) is 66.7 Å². The third-order valence-electron chi connectivity index (χ3n) is 6.25. The number of carbonyl (C=O) groups excluding carboxylic acids is 2. The van der Waals surface area contributed by atoms with Crippen molar-refractivity contribution in [2.75, 3.05) is 26.2 Å². The SMILES string of the molecule is Cc1onc(-c2ccccc2Cl)c1C(=O)N1CCC(C(=O)N2CCCCCC2)CC1. The molecule has 2 aliphatic rings. The van der Waals surface area contributed by atoms with E-state index >= 15 is 0 Å². The summed E-state index contributed by atoms with van der Waals surface area (Å²) in [5, 5.41) is 4.64. The summed E-state index contributed by atoms with van der Waals surface area (Å²) in [6, 6.07) is 7.31. The number of halogens is 1. The standard InChI is InChI=1S/C23H28ClN3O3/c1-16-20(21(25-30-16)18-8-4-5-9-19(18)24)23(29)27-14-10-17(11-15-27)22(28)26-12-6-2-3-7-13-26/h4-5,8-9,17H,2-3,6-7,10-15H2,1H3. The number of aryl methyl sites for hydroxylation is 1. The molecule has 0 spiro atoms. The van der Waals surface area contributed by atoms with Crippen molar-refractivity contribution >= 4 is 23.4 Å². The Bertz CT molecular complexity index is 910. The number of amides is 2. The monoisotopic (exact) mass is 429 g/mol. The maximum Gasteiger partial charge on any atom is 0.259 e. The summed E-state index contributed by atoms with van der Waals surface area (Å²) >= 11 is 6.32. The highest BCUT2D eigenvalue weighted by Crippen LogP contribution is 2.32. The summed E-state index contributed by atoms with van der Waals surface area (Å²) in [7, 11) is 0. The maximum atomic E-state index is 13.3. The van der Waals surface area contributed by atoms with Crippen molar-refractivity contribution in [3.63, 3.8) is 0 Å². The zero-order chi connectivity index (χ0) is 21.1. The second-order valence-corrected chi connectivity index (χ2v) is 8.66. The summed E-state index contributed by atoms with van der Waals surface area (Å²) in [5.74, 6) is 0.655. The van der Waals surface area contributed by atoms with Crippen molar-refractivity contribution in [3.05, 3.63) is 40.6 Å². The summed E-state index contributed by atoms with van der Waals surface area (Å²) in [6.45, 7) is 4.62. The molecule has 4 rings (SSSR count). The Kier molecular flexibility index (Phi) is 6.42. The third kappa shape index (κ3) is 4.24. The fraction of sp³-hybridized carbons (Fsp3) is 0.522. The average molecular weight is 430 g/mol. The molecule has 2 saturated heterocycles. The minimum Gasteiger partial charge on any atom is -0.360 e. The van der Waals surface area contributed by atoms with Gasteiger partial charge in [0.05, 0.1) is 5.02 Å². The first-order valence-electron chi connectivity index (χ1n) is 10.9. The van der Waals surface area contributed by atoms with E-state index in [9.17, 15) is 9.59 Å². The van der Waals surface area contributed by atoms with Gasteiger partial charge in [0.2, 0.25) is 5.91 Å². The Labute approximate surface area is 182 Å². The Morgan fingerprint density at radius 2 is 1.67 bits per heavy atom. The molecule has 2 amide bonds. The Morgan fingerprint density at radius 1 is 1.00 bits per heavy atom. The number of piperidine rings is 1. The largest absolute Gasteiger partial charge is 0.360 e. The molecule has 2 aliphatic heterocycles. The van der Waals surface area contributed by atoms with Crippen LogP contribution in [0.1, 0.15) is 54.6 Å². The lowest BCUT2D eigenvalue weighted by Crippen LogP contribution is -2.44. The number of likely N-dealkylation sites (tertiary alicyclic amines) is 2. The molecule has 160 valence electrons. The second-order valence-electron chi connectivity index (χ2n) is 8.25. The summed E-state index contributed by atoms with van der Waals surface area (Å²) < 4.78 is 5.35. The molecular formula is C23H28ClN3O3. The van der Waals surface area contributed by atoms with E-state index in [0.29, 0.717) is 53.5 Å². The third-order valence-corrected chi connectivity index (χ3v) is 6.58. The van der Waals surface area contributed by atoms with Gasteiger partial charge in [-0.15, -0.1) is 0 Å². The predicted molar refractivity (Wildman–Crippen MR) is 115 cm³/mol. The number of hydrogen-bond donors (Lipinski definition) is 0. The van der Waals surface area contributed by atoms with Gasteiger partial charge in [-0.1, -0.05) is 47.8 Å². The zero-order valence-electron chi connectivity index (χ0n) is 17.4. The molecule has 1 aromatic carbocycles. The first kappa shape index (κ1) is 20.9. The van der Waals surface area contributed by atoms with Crippen molar-refractivity contribution in [2.24, 2.45) is 5.92 Å². The highest BCUT2D eigenvalue weighted by Gasteiger charge is 2.33. The van der Waals surface area contributed by atoms with Gasteiger partial charge in [-0.25, -0.2) is 0 Å². The number of rotatable bonds is 3. The summed E-state index contributed by atoms with van der Waals surface area (Å²) in [5.41, 5.74) is 1.62. The molecule has 6 nitrogen and oxygen atoms in total. The van der Waals surface area contributed by atoms with Gasteiger partial charge in [0, 0.05) is 37.7 Å². The molecule has 1 aromatic heterocycles. The molecule has 0 radical (unpaired) electrons. The van der Waals surface area contributed by atoms with Gasteiger partial charge in [0.1, 0.15) is 17.0 Å². The van der Waals surface area contributed by atoms with Gasteiger partial charge >= 0.3 is 0 Å². The van der Waals surface area contributed by atoms with E-state index in [0.717, 1.165) is 25.9 Å². The molecule has 0 N–H and O–H groups in total. The lowest BCUT2D eigenvalue weighted by Gasteiger charge is -2.34. The Morgan fingerprint density at radius 3 is 2.33 bits per heavy atom. The highest BCUT2D eigenvalue weighted by atomic mass is 35.5. The number of aromatic nitrogens is 1. The summed E-state index contributed by atoms with van der Waals surface area (Å²) in [4.78, 5) is 30.1. The van der Waals surface area contributed by atoms with Crippen molar-refractivity contribution in [2.45, 2.75) is 45.4 Å². The van der Waals surface area contributed by atoms with Crippen LogP contribution in [0.15, 0.2) is 28.8 Å². The molecule has 0 aliphatic carbocycles. The molecule has 0 atom stereocenters. The zero-order valence-corrected chi connectivity index (χ0v) is 18.2. The van der Waals surface area contributed by atoms with Gasteiger partial charge in [0.25, 0.3) is 5.91 Å². The van der Waals surface area contributed by atoms with E-state index < -0.39 is 0 Å². The molecule has 0 bridgehead atoms. The van der Waals surface area contributed by atoms with Crippen molar-refractivity contribution in [1.29, 1.82) is 0 Å². The lowest BCUT2D eigenvalue weighted by atomic mass is 9.94. The lowest BCUT2D eigenvalue weighted by molar-refractivity contribution is -0.136. The van der Waals surface area contributed by atoms with Crippen LogP contribution in [0.2, 0.25) is 5.02 Å². The van der Waals surface area contributed by atoms with E-state index in [1.54, 1.807) is 13.0 Å². The van der Waals surface area contributed by atoms with Crippen LogP contribution in [0.4, 0.5) is 0 Å². The molecule has 30 heavy (non-hydrogen) atoms. The normalized spacial score (nSPS) is 18.3. The number of carbonyl (C=O) groups is 2. The molecule has 3 heterocycles. The number of benzene rings is 1. The Balaban J connectivity index is 1.45. The predicted octanol–water partition coefficient (Wildman–Crippen LogP) is 4.56. The Hall–Kier alpha value is -2.34. The highest BCUT2D eigenvalue weighted by molar-refractivity contribution is 6.33. The van der Waals surface area contributed by atoms with Gasteiger partial charge in [-0.2, -0.15) is 0 Å². The minimum atomic E-state index is -0.107.